The molecule has 3 rings (SSSR count). The third-order valence-electron chi connectivity index (χ3n) is 3.01. The molecule has 0 unspecified atom stereocenters. The van der Waals surface area contributed by atoms with E-state index in [4.69, 9.17) is 4.42 Å². The van der Waals surface area contributed by atoms with E-state index in [1.807, 2.05) is 0 Å². The lowest BCUT2D eigenvalue weighted by Gasteiger charge is -2.09. The van der Waals surface area contributed by atoms with Gasteiger partial charge in [0.25, 0.3) is 0 Å². The molecule has 1 aliphatic carbocycles. The largest absolute Gasteiger partial charge is 0.506 e. The number of hydrogen-bond acceptors (Lipinski definition) is 5. The molecular weight excluding hydrogens is 260 g/mol. The van der Waals surface area contributed by atoms with Crippen molar-refractivity contribution in [1.82, 2.24) is 0 Å². The molecule has 0 aliphatic heterocycles. The van der Waals surface area contributed by atoms with Crippen LogP contribution in [0.25, 0.3) is 16.5 Å². The summed E-state index contributed by atoms with van der Waals surface area (Å²) < 4.78 is 5.07. The molecule has 0 spiro atoms. The molecule has 5 heteroatoms. The van der Waals surface area contributed by atoms with Gasteiger partial charge in [-0.25, -0.2) is 4.79 Å². The molecule has 1 aliphatic rings. The molecule has 1 aromatic heterocycles. The van der Waals surface area contributed by atoms with Crippen molar-refractivity contribution in [3.63, 3.8) is 0 Å². The van der Waals surface area contributed by atoms with Crippen molar-refractivity contribution in [3.05, 3.63) is 58.5 Å². The lowest BCUT2D eigenvalue weighted by molar-refractivity contribution is -0.113. The fraction of sp³-hybridized carbons (Fsp3) is 0. The third-order valence-corrected chi connectivity index (χ3v) is 3.01. The van der Waals surface area contributed by atoms with Gasteiger partial charge in [0.05, 0.1) is 5.39 Å². The number of rotatable bonds is 1. The molecule has 1 N–H and O–H groups in total. The number of carbonyl (C=O) groups excluding carboxylic acids is 2. The van der Waals surface area contributed by atoms with Crippen LogP contribution in [0.3, 0.4) is 0 Å². The molecule has 0 radical (unpaired) electrons. The second-order valence-electron chi connectivity index (χ2n) is 4.27. The van der Waals surface area contributed by atoms with Crippen LogP contribution >= 0.6 is 0 Å². The average Bonchev–Trinajstić information content (AvgIpc) is 2.42. The summed E-state index contributed by atoms with van der Waals surface area (Å²) in [6.45, 7) is 0. The van der Waals surface area contributed by atoms with E-state index in [2.05, 4.69) is 0 Å². The van der Waals surface area contributed by atoms with Crippen LogP contribution in [-0.2, 0) is 9.59 Å². The van der Waals surface area contributed by atoms with E-state index in [9.17, 15) is 19.5 Å². The first-order valence-electron chi connectivity index (χ1n) is 5.81. The zero-order valence-corrected chi connectivity index (χ0v) is 10.1. The minimum Gasteiger partial charge on any atom is -0.506 e. The Morgan fingerprint density at radius 3 is 2.55 bits per heavy atom. The second kappa shape index (κ2) is 4.31. The Hall–Kier alpha value is -2.95. The van der Waals surface area contributed by atoms with Crippen LogP contribution in [0.5, 0.6) is 5.75 Å². The lowest BCUT2D eigenvalue weighted by atomic mass is 9.96. The standard InChI is InChI=1S/C15H8O5/c16-8-5-6-11(17)10(7-8)13-14(18)9-3-1-2-4-12(9)20-15(13)19/h1-7,18H. The second-order valence-corrected chi connectivity index (χ2v) is 4.27. The molecule has 2 aromatic rings. The van der Waals surface area contributed by atoms with Gasteiger partial charge in [0.2, 0.25) is 0 Å². The Labute approximate surface area is 112 Å². The van der Waals surface area contributed by atoms with Crippen molar-refractivity contribution in [1.29, 1.82) is 0 Å². The molecule has 1 heterocycles. The number of hydrogen-bond donors (Lipinski definition) is 1. The first-order valence-corrected chi connectivity index (χ1v) is 5.81. The van der Waals surface area contributed by atoms with Gasteiger partial charge in [-0.3, -0.25) is 9.59 Å². The van der Waals surface area contributed by atoms with Gasteiger partial charge >= 0.3 is 5.63 Å². The van der Waals surface area contributed by atoms with Crippen molar-refractivity contribution in [2.75, 3.05) is 0 Å². The number of para-hydroxylation sites is 1. The number of ketones is 2. The molecular formula is C15H8O5. The molecule has 20 heavy (non-hydrogen) atoms. The van der Waals surface area contributed by atoms with Gasteiger partial charge < -0.3 is 9.52 Å². The van der Waals surface area contributed by atoms with E-state index in [0.29, 0.717) is 5.39 Å². The normalized spacial score (nSPS) is 14.7. The summed E-state index contributed by atoms with van der Waals surface area (Å²) in [7, 11) is 0. The predicted molar refractivity (Wildman–Crippen MR) is 71.3 cm³/mol. The minimum absolute atomic E-state index is 0.158. The highest BCUT2D eigenvalue weighted by molar-refractivity contribution is 6.34. The fourth-order valence-electron chi connectivity index (χ4n) is 2.08. The summed E-state index contributed by atoms with van der Waals surface area (Å²) in [5.74, 6) is -1.31. The molecule has 0 bridgehead atoms. The zero-order valence-electron chi connectivity index (χ0n) is 10.1. The lowest BCUT2D eigenvalue weighted by Crippen LogP contribution is -2.14. The molecule has 0 saturated heterocycles. The number of aromatic hydroxyl groups is 1. The van der Waals surface area contributed by atoms with Crippen molar-refractivity contribution in [2.24, 2.45) is 0 Å². The van der Waals surface area contributed by atoms with Gasteiger partial charge in [0.1, 0.15) is 16.9 Å². The average molecular weight is 268 g/mol. The van der Waals surface area contributed by atoms with Gasteiger partial charge in [-0.1, -0.05) is 12.1 Å². The first-order chi connectivity index (χ1) is 9.58. The number of fused-ring (bicyclic) bond motifs is 1. The Kier molecular flexibility index (Phi) is 2.61. The quantitative estimate of drug-likeness (QED) is 0.627. The Morgan fingerprint density at radius 1 is 1.00 bits per heavy atom. The summed E-state index contributed by atoms with van der Waals surface area (Å²) in [5, 5.41) is 10.5. The highest BCUT2D eigenvalue weighted by atomic mass is 16.4. The van der Waals surface area contributed by atoms with Crippen molar-refractivity contribution in [2.45, 2.75) is 0 Å². The van der Waals surface area contributed by atoms with E-state index in [1.165, 1.54) is 6.07 Å². The van der Waals surface area contributed by atoms with Crippen LogP contribution in [0.4, 0.5) is 0 Å². The van der Waals surface area contributed by atoms with Crippen LogP contribution in [0.2, 0.25) is 0 Å². The maximum absolute atomic E-state index is 12.0. The van der Waals surface area contributed by atoms with E-state index in [-0.39, 0.29) is 22.5 Å². The number of carbonyl (C=O) groups is 2. The smallest absolute Gasteiger partial charge is 0.348 e. The van der Waals surface area contributed by atoms with Gasteiger partial charge in [-0.2, -0.15) is 0 Å². The van der Waals surface area contributed by atoms with Crippen molar-refractivity contribution in [3.8, 4) is 5.75 Å². The zero-order chi connectivity index (χ0) is 14.3. The summed E-state index contributed by atoms with van der Waals surface area (Å²) in [5.41, 5.74) is -1.09. The summed E-state index contributed by atoms with van der Waals surface area (Å²) in [6.07, 6.45) is 3.18. The molecule has 0 atom stereocenters. The van der Waals surface area contributed by atoms with Gasteiger partial charge in [-0.05, 0) is 30.4 Å². The van der Waals surface area contributed by atoms with Crippen LogP contribution in [0.15, 0.2) is 51.7 Å². The molecule has 5 nitrogen and oxygen atoms in total. The van der Waals surface area contributed by atoms with Gasteiger partial charge in [0, 0.05) is 5.57 Å². The van der Waals surface area contributed by atoms with Crippen LogP contribution in [0, 0.1) is 0 Å². The fourth-order valence-corrected chi connectivity index (χ4v) is 2.08. The highest BCUT2D eigenvalue weighted by Gasteiger charge is 2.24. The van der Waals surface area contributed by atoms with Crippen LogP contribution < -0.4 is 5.63 Å². The van der Waals surface area contributed by atoms with E-state index in [0.717, 1.165) is 18.2 Å². The molecule has 0 fully saturated rings. The SMILES string of the molecule is O=C1C=CC(=O)C(c2c(O)c3ccccc3oc2=O)=C1. The van der Waals surface area contributed by atoms with Crippen LogP contribution in [-0.4, -0.2) is 16.7 Å². The van der Waals surface area contributed by atoms with E-state index >= 15 is 0 Å². The molecule has 0 amide bonds. The minimum atomic E-state index is -0.857. The summed E-state index contributed by atoms with van der Waals surface area (Å²) >= 11 is 0. The van der Waals surface area contributed by atoms with Crippen LogP contribution in [0.1, 0.15) is 5.56 Å². The Morgan fingerprint density at radius 2 is 1.75 bits per heavy atom. The van der Waals surface area contributed by atoms with Crippen molar-refractivity contribution < 1.29 is 19.1 Å². The number of benzene rings is 1. The first kappa shape index (κ1) is 12.1. The molecule has 1 aromatic carbocycles. The molecule has 0 saturated carbocycles. The highest BCUT2D eigenvalue weighted by Crippen LogP contribution is 2.31. The topological polar surface area (TPSA) is 84.6 Å². The monoisotopic (exact) mass is 268 g/mol. The van der Waals surface area contributed by atoms with Gasteiger partial charge in [0.15, 0.2) is 11.6 Å². The van der Waals surface area contributed by atoms with Crippen molar-refractivity contribution >= 4 is 28.1 Å². The third kappa shape index (κ3) is 1.76. The van der Waals surface area contributed by atoms with Gasteiger partial charge in [-0.15, -0.1) is 0 Å². The Balaban J connectivity index is 2.35. The maximum Gasteiger partial charge on any atom is 0.348 e. The summed E-state index contributed by atoms with van der Waals surface area (Å²) in [4.78, 5) is 35.1. The predicted octanol–water partition coefficient (Wildman–Crippen LogP) is 1.59. The van der Waals surface area contributed by atoms with E-state index < -0.39 is 17.2 Å². The number of allylic oxidation sites excluding steroid dienone is 4. The molecule has 98 valence electrons. The summed E-state index contributed by atoms with van der Waals surface area (Å²) in [6, 6.07) is 6.40. The maximum atomic E-state index is 12.0. The van der Waals surface area contributed by atoms with E-state index in [1.54, 1.807) is 18.2 Å². The Bertz CT molecular complexity index is 867.